The maximum absolute atomic E-state index is 12.9. The molecule has 3 aromatic rings. The van der Waals surface area contributed by atoms with E-state index in [0.29, 0.717) is 6.54 Å². The lowest BCUT2D eigenvalue weighted by Crippen LogP contribution is -2.36. The molecule has 0 atom stereocenters. The van der Waals surface area contributed by atoms with Crippen LogP contribution in [-0.4, -0.2) is 47.5 Å². The predicted octanol–water partition coefficient (Wildman–Crippen LogP) is 4.02. The molecule has 31 heavy (non-hydrogen) atoms. The Morgan fingerprint density at radius 3 is 2.74 bits per heavy atom. The smallest absolute Gasteiger partial charge is 0.240 e. The second-order valence-electron chi connectivity index (χ2n) is 7.72. The maximum atomic E-state index is 12.9. The number of nitrogens with zero attached hydrogens (tertiary/aromatic N) is 2. The van der Waals surface area contributed by atoms with Crippen molar-refractivity contribution in [3.05, 3.63) is 52.5 Å². The van der Waals surface area contributed by atoms with E-state index in [4.69, 9.17) is 0 Å². The number of carbonyl (C=O) groups excluding carboxylic acids is 2. The van der Waals surface area contributed by atoms with Gasteiger partial charge in [-0.2, -0.15) is 0 Å². The number of hydrogen-bond acceptors (Lipinski definition) is 3. The van der Waals surface area contributed by atoms with E-state index in [1.54, 1.807) is 0 Å². The third-order valence-corrected chi connectivity index (χ3v) is 6.36. The lowest BCUT2D eigenvalue weighted by Gasteiger charge is -2.18. The summed E-state index contributed by atoms with van der Waals surface area (Å²) < 4.78 is 2.99. The molecule has 0 radical (unpaired) electrons. The van der Waals surface area contributed by atoms with Crippen LogP contribution in [0.5, 0.6) is 0 Å². The Morgan fingerprint density at radius 1 is 1.19 bits per heavy atom. The topological polar surface area (TPSA) is 66.4 Å². The van der Waals surface area contributed by atoms with Crippen LogP contribution in [0.15, 0.2) is 46.9 Å². The first-order chi connectivity index (χ1) is 15.0. The molecule has 4 rings (SSSR count). The molecular weight excluding hydrogens is 456 g/mol. The fourth-order valence-electron chi connectivity index (χ4n) is 4.29. The fraction of sp³-hybridized carbons (Fsp3) is 0.333. The number of aromatic nitrogens is 1. The molecule has 0 bridgehead atoms. The molecule has 2 aromatic carbocycles. The van der Waals surface area contributed by atoms with E-state index in [0.717, 1.165) is 57.5 Å². The summed E-state index contributed by atoms with van der Waals surface area (Å²) in [5, 5.41) is 7.06. The fourth-order valence-corrected chi connectivity index (χ4v) is 4.65. The Morgan fingerprint density at radius 2 is 1.97 bits per heavy atom. The van der Waals surface area contributed by atoms with E-state index in [9.17, 15) is 9.59 Å². The SMILES string of the molecule is CCN(CC)CCNC(=O)Cn1c2c(c3cc(Br)ccc31)CC(=O)Nc1ccccc1-2. The van der Waals surface area contributed by atoms with Crippen LogP contribution in [0.2, 0.25) is 0 Å². The Balaban J connectivity index is 1.74. The first kappa shape index (κ1) is 21.6. The zero-order chi connectivity index (χ0) is 22.0. The van der Waals surface area contributed by atoms with Crippen molar-refractivity contribution >= 4 is 44.3 Å². The molecule has 0 fully saturated rings. The monoisotopic (exact) mass is 482 g/mol. The van der Waals surface area contributed by atoms with Gasteiger partial charge >= 0.3 is 0 Å². The van der Waals surface area contributed by atoms with Gasteiger partial charge in [-0.25, -0.2) is 0 Å². The molecule has 1 aliphatic rings. The second-order valence-corrected chi connectivity index (χ2v) is 8.64. The number of carbonyl (C=O) groups is 2. The van der Waals surface area contributed by atoms with Gasteiger partial charge in [0.25, 0.3) is 0 Å². The van der Waals surface area contributed by atoms with Gasteiger partial charge < -0.3 is 20.1 Å². The highest BCUT2D eigenvalue weighted by Crippen LogP contribution is 2.40. The number of halogens is 1. The van der Waals surface area contributed by atoms with E-state index in [1.807, 2.05) is 47.0 Å². The summed E-state index contributed by atoms with van der Waals surface area (Å²) in [4.78, 5) is 27.8. The van der Waals surface area contributed by atoms with Crippen LogP contribution in [0, 0.1) is 0 Å². The van der Waals surface area contributed by atoms with Crippen molar-refractivity contribution in [3.63, 3.8) is 0 Å². The Hall–Kier alpha value is -2.64. The molecule has 1 aliphatic heterocycles. The number of rotatable bonds is 7. The number of likely N-dealkylation sites (N-methyl/N-ethyl adjacent to an activating group) is 1. The van der Waals surface area contributed by atoms with Gasteiger partial charge in [-0.3, -0.25) is 9.59 Å². The van der Waals surface area contributed by atoms with Crippen molar-refractivity contribution in [2.75, 3.05) is 31.5 Å². The van der Waals surface area contributed by atoms with Gasteiger partial charge in [-0.15, -0.1) is 0 Å². The molecule has 6 nitrogen and oxygen atoms in total. The largest absolute Gasteiger partial charge is 0.353 e. The standard InChI is InChI=1S/C24H27BrN4O2/c1-3-28(4-2)12-11-26-23(31)15-29-21-10-9-16(25)13-18(21)19-14-22(30)27-20-8-6-5-7-17(20)24(19)29/h5-10,13H,3-4,11-12,14-15H2,1-2H3,(H,26,31)(H,27,30). The normalized spacial score (nSPS) is 13.0. The molecule has 0 aliphatic carbocycles. The van der Waals surface area contributed by atoms with E-state index in [2.05, 4.69) is 45.3 Å². The van der Waals surface area contributed by atoms with Crippen LogP contribution in [0.25, 0.3) is 22.2 Å². The minimum atomic E-state index is -0.0473. The highest BCUT2D eigenvalue weighted by Gasteiger charge is 2.26. The van der Waals surface area contributed by atoms with Gasteiger partial charge in [0.05, 0.1) is 17.8 Å². The molecule has 0 saturated carbocycles. The predicted molar refractivity (Wildman–Crippen MR) is 128 cm³/mol. The van der Waals surface area contributed by atoms with Crippen LogP contribution in [-0.2, 0) is 22.6 Å². The summed E-state index contributed by atoms with van der Waals surface area (Å²) in [5.74, 6) is -0.0790. The molecular formula is C24H27BrN4O2. The van der Waals surface area contributed by atoms with E-state index in [1.165, 1.54) is 0 Å². The number of benzene rings is 2. The first-order valence-electron chi connectivity index (χ1n) is 10.7. The number of nitrogens with one attached hydrogen (secondary N) is 2. The summed E-state index contributed by atoms with van der Waals surface area (Å²) in [7, 11) is 0. The zero-order valence-electron chi connectivity index (χ0n) is 17.9. The summed E-state index contributed by atoms with van der Waals surface area (Å²) >= 11 is 3.55. The van der Waals surface area contributed by atoms with Crippen molar-refractivity contribution in [2.24, 2.45) is 0 Å². The van der Waals surface area contributed by atoms with Crippen molar-refractivity contribution in [1.29, 1.82) is 0 Å². The summed E-state index contributed by atoms with van der Waals surface area (Å²) in [5.41, 5.74) is 4.55. The van der Waals surface area contributed by atoms with Gasteiger partial charge in [0, 0.05) is 34.0 Å². The molecule has 0 unspecified atom stereocenters. The molecule has 7 heteroatoms. The number of anilines is 1. The van der Waals surface area contributed by atoms with Crippen molar-refractivity contribution in [1.82, 2.24) is 14.8 Å². The van der Waals surface area contributed by atoms with Crippen molar-refractivity contribution in [3.8, 4) is 11.3 Å². The van der Waals surface area contributed by atoms with Gasteiger partial charge in [0.15, 0.2) is 0 Å². The zero-order valence-corrected chi connectivity index (χ0v) is 19.5. The summed E-state index contributed by atoms with van der Waals surface area (Å²) in [6.07, 6.45) is 0.271. The number of para-hydroxylation sites is 1. The van der Waals surface area contributed by atoms with Crippen molar-refractivity contribution in [2.45, 2.75) is 26.8 Å². The van der Waals surface area contributed by atoms with E-state index >= 15 is 0 Å². The summed E-state index contributed by atoms with van der Waals surface area (Å²) in [6.45, 7) is 7.83. The van der Waals surface area contributed by atoms with Crippen LogP contribution in [0.3, 0.4) is 0 Å². The van der Waals surface area contributed by atoms with E-state index in [-0.39, 0.29) is 24.8 Å². The van der Waals surface area contributed by atoms with Gasteiger partial charge in [0.2, 0.25) is 11.8 Å². The lowest BCUT2D eigenvalue weighted by molar-refractivity contribution is -0.121. The van der Waals surface area contributed by atoms with Crippen molar-refractivity contribution < 1.29 is 9.59 Å². The quantitative estimate of drug-likeness (QED) is 0.534. The first-order valence-corrected chi connectivity index (χ1v) is 11.5. The third-order valence-electron chi connectivity index (χ3n) is 5.87. The van der Waals surface area contributed by atoms with Crippen LogP contribution in [0.4, 0.5) is 5.69 Å². The molecule has 2 heterocycles. The highest BCUT2D eigenvalue weighted by atomic mass is 79.9. The van der Waals surface area contributed by atoms with Crippen LogP contribution >= 0.6 is 15.9 Å². The molecule has 2 amide bonds. The van der Waals surface area contributed by atoms with Gasteiger partial charge in [-0.1, -0.05) is 48.0 Å². The Kier molecular flexibility index (Phi) is 6.43. The maximum Gasteiger partial charge on any atom is 0.240 e. The number of amides is 2. The number of hydrogen-bond donors (Lipinski definition) is 2. The average Bonchev–Trinajstić information content (AvgIpc) is 2.94. The van der Waals surface area contributed by atoms with Gasteiger partial charge in [-0.05, 0) is 42.9 Å². The van der Waals surface area contributed by atoms with E-state index < -0.39 is 0 Å². The minimum Gasteiger partial charge on any atom is -0.353 e. The molecule has 2 N–H and O–H groups in total. The number of fused-ring (bicyclic) bond motifs is 5. The molecule has 0 spiro atoms. The van der Waals surface area contributed by atoms with Gasteiger partial charge in [0.1, 0.15) is 6.54 Å². The lowest BCUT2D eigenvalue weighted by atomic mass is 10.0. The summed E-state index contributed by atoms with van der Waals surface area (Å²) in [6, 6.07) is 13.8. The third kappa shape index (κ3) is 4.38. The Bertz CT molecular complexity index is 1130. The molecule has 0 saturated heterocycles. The highest BCUT2D eigenvalue weighted by molar-refractivity contribution is 9.10. The Labute approximate surface area is 190 Å². The second kappa shape index (κ2) is 9.24. The molecule has 1 aromatic heterocycles. The average molecular weight is 483 g/mol. The minimum absolute atomic E-state index is 0.0317. The molecule has 162 valence electrons. The van der Waals surface area contributed by atoms with Crippen LogP contribution < -0.4 is 10.6 Å². The van der Waals surface area contributed by atoms with Crippen LogP contribution in [0.1, 0.15) is 19.4 Å².